The van der Waals surface area contributed by atoms with Crippen molar-refractivity contribution >= 4 is 45.6 Å². The van der Waals surface area contributed by atoms with Gasteiger partial charge in [0.05, 0.1) is 11.5 Å². The minimum absolute atomic E-state index is 0. The van der Waals surface area contributed by atoms with E-state index in [9.17, 15) is 8.42 Å². The van der Waals surface area contributed by atoms with E-state index in [1.807, 2.05) is 24.4 Å². The molecular weight excluding hydrogens is 477 g/mol. The zero-order valence-corrected chi connectivity index (χ0v) is 19.0. The van der Waals surface area contributed by atoms with Gasteiger partial charge in [-0.1, -0.05) is 13.0 Å². The maximum atomic E-state index is 11.6. The van der Waals surface area contributed by atoms with E-state index in [0.717, 1.165) is 57.3 Å². The number of piperazine rings is 1. The Morgan fingerprint density at radius 1 is 1.30 bits per heavy atom. The molecule has 0 amide bonds. The second-order valence-corrected chi connectivity index (χ2v) is 9.25. The van der Waals surface area contributed by atoms with Gasteiger partial charge in [-0.15, -0.1) is 24.0 Å². The van der Waals surface area contributed by atoms with Gasteiger partial charge in [0.25, 0.3) is 0 Å². The van der Waals surface area contributed by atoms with Gasteiger partial charge < -0.3 is 15.1 Å². The van der Waals surface area contributed by atoms with Gasteiger partial charge in [0, 0.05) is 45.5 Å². The minimum Gasteiger partial charge on any atom is -0.356 e. The number of hydrogen-bond donors (Lipinski definition) is 1. The Balaban J connectivity index is 0.00000261. The lowest BCUT2D eigenvalue weighted by atomic mass is 10.1. The van der Waals surface area contributed by atoms with Crippen LogP contribution in [0.4, 0.5) is 5.82 Å². The minimum atomic E-state index is -2.84. The van der Waals surface area contributed by atoms with Crippen LogP contribution in [-0.2, 0) is 9.84 Å². The largest absolute Gasteiger partial charge is 0.356 e. The van der Waals surface area contributed by atoms with Crippen LogP contribution in [0.3, 0.4) is 0 Å². The van der Waals surface area contributed by atoms with Crippen molar-refractivity contribution in [3.8, 4) is 0 Å². The van der Waals surface area contributed by atoms with Crippen molar-refractivity contribution in [2.75, 3.05) is 55.7 Å². The van der Waals surface area contributed by atoms with Gasteiger partial charge in [0.15, 0.2) is 15.8 Å². The normalized spacial score (nSPS) is 22.4. The summed E-state index contributed by atoms with van der Waals surface area (Å²) in [6.45, 7) is 7.18. The molecule has 7 nitrogen and oxygen atoms in total. The first-order valence-corrected chi connectivity index (χ1v) is 11.3. The lowest BCUT2D eigenvalue weighted by Gasteiger charge is -2.37. The highest BCUT2D eigenvalue weighted by atomic mass is 127. The first-order chi connectivity index (χ1) is 12.6. The predicted molar refractivity (Wildman–Crippen MR) is 121 cm³/mol. The molecular formula is C18H30IN5O2S. The van der Waals surface area contributed by atoms with Crippen LogP contribution in [0.2, 0.25) is 0 Å². The summed E-state index contributed by atoms with van der Waals surface area (Å²) in [5.41, 5.74) is 0. The molecule has 0 spiro atoms. The molecule has 1 aromatic heterocycles. The van der Waals surface area contributed by atoms with Crippen LogP contribution in [0.5, 0.6) is 0 Å². The molecule has 0 bridgehead atoms. The van der Waals surface area contributed by atoms with Crippen molar-refractivity contribution in [2.45, 2.75) is 19.8 Å². The molecule has 1 N–H and O–H groups in total. The summed E-state index contributed by atoms with van der Waals surface area (Å²) in [5.74, 6) is 2.69. The smallest absolute Gasteiger partial charge is 0.194 e. The number of guanidine groups is 1. The monoisotopic (exact) mass is 507 g/mol. The molecule has 2 saturated heterocycles. The van der Waals surface area contributed by atoms with E-state index in [2.05, 4.69) is 27.0 Å². The summed E-state index contributed by atoms with van der Waals surface area (Å²) in [6, 6.07) is 5.99. The number of rotatable bonds is 5. The van der Waals surface area contributed by atoms with E-state index in [4.69, 9.17) is 4.99 Å². The molecule has 2 aliphatic rings. The highest BCUT2D eigenvalue weighted by Crippen LogP contribution is 2.19. The molecule has 9 heteroatoms. The summed E-state index contributed by atoms with van der Waals surface area (Å²) >= 11 is 0. The van der Waals surface area contributed by atoms with E-state index in [-0.39, 0.29) is 35.6 Å². The molecule has 0 radical (unpaired) electrons. The molecule has 3 rings (SSSR count). The summed E-state index contributed by atoms with van der Waals surface area (Å²) < 4.78 is 23.3. The fraction of sp³-hybridized carbons (Fsp3) is 0.667. The zero-order valence-electron chi connectivity index (χ0n) is 15.9. The summed E-state index contributed by atoms with van der Waals surface area (Å²) in [6.07, 6.45) is 3.60. The van der Waals surface area contributed by atoms with Gasteiger partial charge in [-0.3, -0.25) is 4.99 Å². The fourth-order valence-corrected chi connectivity index (χ4v) is 5.27. The second kappa shape index (κ2) is 10.4. The number of nitrogens with zero attached hydrogens (tertiary/aromatic N) is 4. The van der Waals surface area contributed by atoms with Crippen LogP contribution in [0.25, 0.3) is 0 Å². The molecule has 2 fully saturated rings. The van der Waals surface area contributed by atoms with Crippen LogP contribution < -0.4 is 10.2 Å². The molecule has 27 heavy (non-hydrogen) atoms. The SMILES string of the molecule is CCCNC(=NCC1CCS(=O)(=O)C1)N1CCN(c2ccccn2)CC1.I. The van der Waals surface area contributed by atoms with Gasteiger partial charge in [0.1, 0.15) is 5.82 Å². The molecule has 0 aliphatic carbocycles. The first-order valence-electron chi connectivity index (χ1n) is 9.47. The van der Waals surface area contributed by atoms with E-state index < -0.39 is 9.84 Å². The number of aromatic nitrogens is 1. The lowest BCUT2D eigenvalue weighted by molar-refractivity contribution is 0.369. The predicted octanol–water partition coefficient (Wildman–Crippen LogP) is 1.61. The van der Waals surface area contributed by atoms with Gasteiger partial charge >= 0.3 is 0 Å². The molecule has 0 aromatic carbocycles. The standard InChI is InChI=1S/C18H29N5O2S.HI/c1-2-7-20-18(21-14-16-6-13-26(24,25)15-16)23-11-9-22(10-12-23)17-5-3-4-8-19-17;/h3-5,8,16H,2,6-7,9-15H2,1H3,(H,20,21);1H. The maximum Gasteiger partial charge on any atom is 0.194 e. The van der Waals surface area contributed by atoms with Crippen molar-refractivity contribution < 1.29 is 8.42 Å². The Morgan fingerprint density at radius 2 is 2.07 bits per heavy atom. The van der Waals surface area contributed by atoms with Gasteiger partial charge in [-0.25, -0.2) is 13.4 Å². The number of pyridine rings is 1. The Labute approximate surface area is 179 Å². The molecule has 1 aromatic rings. The summed E-state index contributed by atoms with van der Waals surface area (Å²) in [7, 11) is -2.84. The molecule has 3 heterocycles. The number of halogens is 1. The van der Waals surface area contributed by atoms with Crippen LogP contribution in [0, 0.1) is 5.92 Å². The quantitative estimate of drug-likeness (QED) is 0.371. The van der Waals surface area contributed by atoms with Crippen LogP contribution in [-0.4, -0.2) is 75.0 Å². The van der Waals surface area contributed by atoms with Gasteiger partial charge in [0.2, 0.25) is 0 Å². The molecule has 1 unspecified atom stereocenters. The Bertz CT molecular complexity index is 706. The third-order valence-electron chi connectivity index (χ3n) is 4.91. The first kappa shape index (κ1) is 22.2. The van der Waals surface area contributed by atoms with Gasteiger partial charge in [-0.05, 0) is 30.9 Å². The topological polar surface area (TPSA) is 77.9 Å². The van der Waals surface area contributed by atoms with Crippen molar-refractivity contribution in [3.05, 3.63) is 24.4 Å². The average molecular weight is 507 g/mol. The zero-order chi connectivity index (χ0) is 18.4. The third-order valence-corrected chi connectivity index (χ3v) is 6.75. The highest BCUT2D eigenvalue weighted by Gasteiger charge is 2.28. The van der Waals surface area contributed by atoms with Crippen LogP contribution >= 0.6 is 24.0 Å². The molecule has 0 saturated carbocycles. The third kappa shape index (κ3) is 6.48. The number of nitrogens with one attached hydrogen (secondary N) is 1. The van der Waals surface area contributed by atoms with Crippen molar-refractivity contribution in [1.29, 1.82) is 0 Å². The van der Waals surface area contributed by atoms with Gasteiger partial charge in [-0.2, -0.15) is 0 Å². The van der Waals surface area contributed by atoms with Crippen molar-refractivity contribution in [2.24, 2.45) is 10.9 Å². The van der Waals surface area contributed by atoms with Crippen LogP contribution in [0.15, 0.2) is 29.4 Å². The number of sulfone groups is 1. The Morgan fingerprint density at radius 3 is 2.67 bits per heavy atom. The highest BCUT2D eigenvalue weighted by molar-refractivity contribution is 14.0. The second-order valence-electron chi connectivity index (χ2n) is 7.02. The summed E-state index contributed by atoms with van der Waals surface area (Å²) in [5, 5.41) is 3.43. The summed E-state index contributed by atoms with van der Waals surface area (Å²) in [4.78, 5) is 13.8. The Hall–Kier alpha value is -1.10. The number of anilines is 1. The average Bonchev–Trinajstić information content (AvgIpc) is 3.02. The molecule has 152 valence electrons. The number of hydrogen-bond acceptors (Lipinski definition) is 5. The fourth-order valence-electron chi connectivity index (χ4n) is 3.42. The number of aliphatic imine (C=N–C) groups is 1. The Kier molecular flexibility index (Phi) is 8.59. The van der Waals surface area contributed by atoms with E-state index in [1.54, 1.807) is 0 Å². The van der Waals surface area contributed by atoms with E-state index in [0.29, 0.717) is 12.3 Å². The lowest BCUT2D eigenvalue weighted by Crippen LogP contribution is -2.53. The molecule has 1 atom stereocenters. The van der Waals surface area contributed by atoms with Crippen LogP contribution in [0.1, 0.15) is 19.8 Å². The van der Waals surface area contributed by atoms with Crippen molar-refractivity contribution in [3.63, 3.8) is 0 Å². The molecule has 2 aliphatic heterocycles. The van der Waals surface area contributed by atoms with E-state index >= 15 is 0 Å². The maximum absolute atomic E-state index is 11.6. The van der Waals surface area contributed by atoms with Crippen molar-refractivity contribution in [1.82, 2.24) is 15.2 Å². The van der Waals surface area contributed by atoms with E-state index in [1.165, 1.54) is 0 Å².